The van der Waals surface area contributed by atoms with Crippen LogP contribution in [0.2, 0.25) is 0 Å². The van der Waals surface area contributed by atoms with Gasteiger partial charge in [0.2, 0.25) is 0 Å². The molecule has 84 valence electrons. The van der Waals surface area contributed by atoms with Crippen LogP contribution in [0.15, 0.2) is 0 Å². The van der Waals surface area contributed by atoms with Gasteiger partial charge in [-0.3, -0.25) is 4.90 Å². The molecule has 0 aromatic rings. The minimum absolute atomic E-state index is 0.591. The summed E-state index contributed by atoms with van der Waals surface area (Å²) in [5.74, 6) is 0. The van der Waals surface area contributed by atoms with Gasteiger partial charge >= 0.3 is 0 Å². The van der Waals surface area contributed by atoms with E-state index in [0.29, 0.717) is 6.04 Å². The number of ether oxygens (including phenoxy) is 1. The van der Waals surface area contributed by atoms with Crippen LogP contribution in [0.4, 0.5) is 0 Å². The molecule has 1 aliphatic rings. The highest BCUT2D eigenvalue weighted by Gasteiger charge is 2.22. The first-order chi connectivity index (χ1) is 6.88. The van der Waals surface area contributed by atoms with E-state index >= 15 is 0 Å². The summed E-state index contributed by atoms with van der Waals surface area (Å²) in [6, 6.07) is 0.591. The Labute approximate surface area is 86.6 Å². The fraction of sp³-hybridized carbons (Fsp3) is 1.00. The molecule has 0 amide bonds. The molecule has 0 aliphatic carbocycles. The molecular weight excluding hydrogens is 178 g/mol. The van der Waals surface area contributed by atoms with Gasteiger partial charge in [0, 0.05) is 25.7 Å². The average Bonchev–Trinajstić information content (AvgIpc) is 2.65. The van der Waals surface area contributed by atoms with Gasteiger partial charge in [-0.1, -0.05) is 0 Å². The van der Waals surface area contributed by atoms with Gasteiger partial charge in [-0.2, -0.15) is 0 Å². The third-order valence-electron chi connectivity index (χ3n) is 2.79. The van der Waals surface area contributed by atoms with Crippen LogP contribution >= 0.6 is 0 Å². The molecule has 1 rings (SSSR count). The molecule has 0 saturated carbocycles. The first-order valence-electron chi connectivity index (χ1n) is 5.60. The van der Waals surface area contributed by atoms with E-state index in [-0.39, 0.29) is 0 Å². The van der Waals surface area contributed by atoms with Crippen molar-refractivity contribution in [2.75, 3.05) is 39.4 Å². The lowest BCUT2D eigenvalue weighted by molar-refractivity contribution is 0.0997. The van der Waals surface area contributed by atoms with Crippen LogP contribution in [0, 0.1) is 0 Å². The van der Waals surface area contributed by atoms with Crippen LogP contribution in [0.3, 0.4) is 0 Å². The van der Waals surface area contributed by atoms with E-state index in [2.05, 4.69) is 4.90 Å². The van der Waals surface area contributed by atoms with Gasteiger partial charge in [0.25, 0.3) is 0 Å². The predicted molar refractivity (Wildman–Crippen MR) is 58.1 cm³/mol. The van der Waals surface area contributed by atoms with Gasteiger partial charge in [0.15, 0.2) is 0 Å². The molecule has 1 aliphatic heterocycles. The van der Waals surface area contributed by atoms with Crippen LogP contribution in [0.5, 0.6) is 0 Å². The van der Waals surface area contributed by atoms with E-state index < -0.39 is 0 Å². The number of likely N-dealkylation sites (tertiary alicyclic amines) is 1. The Morgan fingerprint density at radius 3 is 2.86 bits per heavy atom. The fourth-order valence-electron chi connectivity index (χ4n) is 1.93. The Bertz CT molecular complexity index is 143. The quantitative estimate of drug-likeness (QED) is 0.559. The molecule has 4 nitrogen and oxygen atoms in total. The Balaban J connectivity index is 2.00. The first-order valence-corrected chi connectivity index (χ1v) is 5.60. The Kier molecular flexibility index (Phi) is 6.10. The van der Waals surface area contributed by atoms with Gasteiger partial charge in [-0.25, -0.2) is 0 Å². The Morgan fingerprint density at radius 1 is 1.29 bits per heavy atom. The summed E-state index contributed by atoms with van der Waals surface area (Å²) >= 11 is 0. The van der Waals surface area contributed by atoms with Gasteiger partial charge in [0.05, 0.1) is 6.61 Å². The van der Waals surface area contributed by atoms with Crippen LogP contribution < -0.4 is 11.5 Å². The van der Waals surface area contributed by atoms with Gasteiger partial charge < -0.3 is 16.2 Å². The van der Waals surface area contributed by atoms with E-state index in [1.807, 2.05) is 0 Å². The maximum Gasteiger partial charge on any atom is 0.0593 e. The molecule has 4 heteroatoms. The van der Waals surface area contributed by atoms with Crippen molar-refractivity contribution in [3.8, 4) is 0 Å². The molecule has 14 heavy (non-hydrogen) atoms. The molecule has 0 radical (unpaired) electrons. The van der Waals surface area contributed by atoms with E-state index in [1.165, 1.54) is 19.4 Å². The van der Waals surface area contributed by atoms with Crippen molar-refractivity contribution in [1.82, 2.24) is 4.90 Å². The number of nitrogens with two attached hydrogens (primary N) is 2. The standard InChI is InChI=1S/C10H23N3O/c11-4-2-7-14-8-6-13-5-1-3-10(13)9-12/h10H,1-9,11-12H2. The van der Waals surface area contributed by atoms with Crippen molar-refractivity contribution in [3.05, 3.63) is 0 Å². The molecule has 1 heterocycles. The van der Waals surface area contributed by atoms with E-state index in [0.717, 1.165) is 39.3 Å². The molecule has 0 bridgehead atoms. The Hall–Kier alpha value is -0.160. The van der Waals surface area contributed by atoms with Crippen LogP contribution in [-0.2, 0) is 4.74 Å². The monoisotopic (exact) mass is 201 g/mol. The summed E-state index contributed by atoms with van der Waals surface area (Å²) < 4.78 is 5.47. The molecule has 0 spiro atoms. The molecule has 0 aromatic heterocycles. The minimum Gasteiger partial charge on any atom is -0.380 e. The second-order valence-electron chi connectivity index (χ2n) is 3.82. The summed E-state index contributed by atoms with van der Waals surface area (Å²) in [4.78, 5) is 2.43. The summed E-state index contributed by atoms with van der Waals surface area (Å²) in [5, 5.41) is 0. The second-order valence-corrected chi connectivity index (χ2v) is 3.82. The summed E-state index contributed by atoms with van der Waals surface area (Å²) in [7, 11) is 0. The highest BCUT2D eigenvalue weighted by molar-refractivity contribution is 4.79. The zero-order valence-corrected chi connectivity index (χ0v) is 8.95. The normalized spacial score (nSPS) is 23.1. The van der Waals surface area contributed by atoms with Crippen LogP contribution in [-0.4, -0.2) is 50.3 Å². The highest BCUT2D eigenvalue weighted by atomic mass is 16.5. The summed E-state index contributed by atoms with van der Waals surface area (Å²) in [6.07, 6.45) is 3.49. The van der Waals surface area contributed by atoms with Crippen molar-refractivity contribution in [2.24, 2.45) is 11.5 Å². The molecule has 1 fully saturated rings. The Morgan fingerprint density at radius 2 is 2.14 bits per heavy atom. The second kappa shape index (κ2) is 7.17. The van der Waals surface area contributed by atoms with Gasteiger partial charge in [0.1, 0.15) is 0 Å². The largest absolute Gasteiger partial charge is 0.380 e. The first kappa shape index (κ1) is 11.9. The van der Waals surface area contributed by atoms with Crippen molar-refractivity contribution in [2.45, 2.75) is 25.3 Å². The molecule has 1 saturated heterocycles. The van der Waals surface area contributed by atoms with E-state index in [9.17, 15) is 0 Å². The van der Waals surface area contributed by atoms with Crippen molar-refractivity contribution in [1.29, 1.82) is 0 Å². The van der Waals surface area contributed by atoms with Gasteiger partial charge in [-0.15, -0.1) is 0 Å². The average molecular weight is 201 g/mol. The number of hydrogen-bond donors (Lipinski definition) is 2. The fourth-order valence-corrected chi connectivity index (χ4v) is 1.93. The van der Waals surface area contributed by atoms with Crippen LogP contribution in [0.25, 0.3) is 0 Å². The zero-order chi connectivity index (χ0) is 10.2. The third-order valence-corrected chi connectivity index (χ3v) is 2.79. The number of nitrogens with zero attached hydrogens (tertiary/aromatic N) is 1. The zero-order valence-electron chi connectivity index (χ0n) is 8.95. The van der Waals surface area contributed by atoms with Gasteiger partial charge in [-0.05, 0) is 32.4 Å². The lowest BCUT2D eigenvalue weighted by atomic mass is 10.2. The number of rotatable bonds is 7. The molecule has 4 N–H and O–H groups in total. The lowest BCUT2D eigenvalue weighted by Gasteiger charge is -2.22. The summed E-state index contributed by atoms with van der Waals surface area (Å²) in [6.45, 7) is 5.31. The van der Waals surface area contributed by atoms with Crippen LogP contribution in [0.1, 0.15) is 19.3 Å². The third kappa shape index (κ3) is 3.92. The van der Waals surface area contributed by atoms with E-state index in [1.54, 1.807) is 0 Å². The van der Waals surface area contributed by atoms with Crippen molar-refractivity contribution < 1.29 is 4.74 Å². The lowest BCUT2D eigenvalue weighted by Crippen LogP contribution is -2.37. The van der Waals surface area contributed by atoms with Crippen molar-refractivity contribution in [3.63, 3.8) is 0 Å². The highest BCUT2D eigenvalue weighted by Crippen LogP contribution is 2.14. The molecule has 1 unspecified atom stereocenters. The molecular formula is C10H23N3O. The molecule has 0 aromatic carbocycles. The SMILES string of the molecule is NCCCOCCN1CCCC1CN. The van der Waals surface area contributed by atoms with E-state index in [4.69, 9.17) is 16.2 Å². The van der Waals surface area contributed by atoms with Crippen molar-refractivity contribution >= 4 is 0 Å². The predicted octanol–water partition coefficient (Wildman–Crippen LogP) is -0.225. The topological polar surface area (TPSA) is 64.5 Å². The maximum absolute atomic E-state index is 5.68. The smallest absolute Gasteiger partial charge is 0.0593 e. The molecule has 1 atom stereocenters. The minimum atomic E-state index is 0.591. The summed E-state index contributed by atoms with van der Waals surface area (Å²) in [5.41, 5.74) is 11.0. The number of hydrogen-bond acceptors (Lipinski definition) is 4. The maximum atomic E-state index is 5.68.